The number of rotatable bonds is 8. The van der Waals surface area contributed by atoms with Crippen LogP contribution < -0.4 is 9.46 Å². The summed E-state index contributed by atoms with van der Waals surface area (Å²) in [5, 5.41) is 14.2. The van der Waals surface area contributed by atoms with Crippen LogP contribution in [-0.4, -0.2) is 20.1 Å². The first-order valence-corrected chi connectivity index (χ1v) is 11.2. The highest BCUT2D eigenvalue weighted by atomic mass is 32.2. The minimum absolute atomic E-state index is 0.177. The van der Waals surface area contributed by atoms with Crippen molar-refractivity contribution in [2.24, 2.45) is 0 Å². The zero-order valence-electron chi connectivity index (χ0n) is 14.1. The number of sulfonamides is 1. The van der Waals surface area contributed by atoms with E-state index in [0.29, 0.717) is 12.4 Å². The third kappa shape index (κ3) is 4.52. The van der Waals surface area contributed by atoms with Crippen molar-refractivity contribution >= 4 is 32.7 Å². The molecule has 0 aliphatic carbocycles. The van der Waals surface area contributed by atoms with Gasteiger partial charge in [-0.1, -0.05) is 0 Å². The number of thiophene rings is 2. The number of hydrogen-bond acceptors (Lipinski definition) is 6. The van der Waals surface area contributed by atoms with Gasteiger partial charge < -0.3 is 9.84 Å². The van der Waals surface area contributed by atoms with E-state index in [9.17, 15) is 13.5 Å². The van der Waals surface area contributed by atoms with E-state index in [1.807, 2.05) is 35.9 Å². The monoisotopic (exact) mass is 409 g/mol. The Bertz CT molecular complexity index is 931. The second-order valence-corrected chi connectivity index (χ2v) is 9.24. The maximum Gasteiger partial charge on any atom is 0.240 e. The van der Waals surface area contributed by atoms with Gasteiger partial charge in [-0.05, 0) is 65.7 Å². The van der Waals surface area contributed by atoms with Crippen LogP contribution in [0.2, 0.25) is 0 Å². The molecular weight excluding hydrogens is 390 g/mol. The number of benzene rings is 1. The van der Waals surface area contributed by atoms with E-state index in [1.165, 1.54) is 34.8 Å². The minimum atomic E-state index is -3.60. The van der Waals surface area contributed by atoms with Gasteiger partial charge >= 0.3 is 0 Å². The van der Waals surface area contributed by atoms with Crippen LogP contribution in [0.1, 0.15) is 28.3 Å². The topological polar surface area (TPSA) is 75.6 Å². The highest BCUT2D eigenvalue weighted by Crippen LogP contribution is 2.29. The van der Waals surface area contributed by atoms with Crippen molar-refractivity contribution in [1.29, 1.82) is 0 Å². The molecule has 0 saturated heterocycles. The van der Waals surface area contributed by atoms with Crippen LogP contribution in [0.25, 0.3) is 0 Å². The van der Waals surface area contributed by atoms with Gasteiger partial charge in [0.05, 0.1) is 11.5 Å². The summed E-state index contributed by atoms with van der Waals surface area (Å²) in [5.41, 5.74) is 0.846. The van der Waals surface area contributed by atoms with Crippen LogP contribution in [0.15, 0.2) is 58.1 Å². The molecule has 0 fully saturated rings. The van der Waals surface area contributed by atoms with E-state index < -0.39 is 16.1 Å². The lowest BCUT2D eigenvalue weighted by Gasteiger charge is -2.08. The molecule has 0 aliphatic rings. The Morgan fingerprint density at radius 3 is 2.58 bits per heavy atom. The molecule has 1 aromatic carbocycles. The Morgan fingerprint density at radius 2 is 1.92 bits per heavy atom. The van der Waals surface area contributed by atoms with Crippen LogP contribution in [0.4, 0.5) is 0 Å². The van der Waals surface area contributed by atoms with Gasteiger partial charge in [0.15, 0.2) is 0 Å². The smallest absolute Gasteiger partial charge is 0.240 e. The van der Waals surface area contributed by atoms with Crippen molar-refractivity contribution in [3.05, 3.63) is 68.5 Å². The lowest BCUT2D eigenvalue weighted by molar-refractivity contribution is 0.224. The molecule has 2 N–H and O–H groups in total. The molecule has 0 saturated carbocycles. The molecule has 0 aliphatic heterocycles. The van der Waals surface area contributed by atoms with Crippen LogP contribution in [-0.2, 0) is 16.6 Å². The first-order chi connectivity index (χ1) is 12.5. The van der Waals surface area contributed by atoms with Crippen molar-refractivity contribution < 1.29 is 18.3 Å². The van der Waals surface area contributed by atoms with Crippen LogP contribution in [0.5, 0.6) is 5.75 Å². The number of aliphatic hydroxyl groups excluding tert-OH is 1. The number of nitrogens with one attached hydrogen (secondary N) is 1. The molecule has 5 nitrogen and oxygen atoms in total. The fourth-order valence-electron chi connectivity index (χ4n) is 2.36. The van der Waals surface area contributed by atoms with Gasteiger partial charge in [-0.2, -0.15) is 11.3 Å². The number of ether oxygens (including phenoxy) is 1. The summed E-state index contributed by atoms with van der Waals surface area (Å²) in [7, 11) is -3.60. The van der Waals surface area contributed by atoms with Crippen LogP contribution >= 0.6 is 22.7 Å². The van der Waals surface area contributed by atoms with Gasteiger partial charge in [0.1, 0.15) is 11.9 Å². The third-order valence-electron chi connectivity index (χ3n) is 3.69. The normalized spacial score (nSPS) is 12.8. The van der Waals surface area contributed by atoms with Crippen molar-refractivity contribution in [3.8, 4) is 5.75 Å². The predicted molar refractivity (Wildman–Crippen MR) is 104 cm³/mol. The summed E-state index contributed by atoms with van der Waals surface area (Å²) < 4.78 is 32.7. The maximum atomic E-state index is 12.4. The molecule has 1 atom stereocenters. The lowest BCUT2D eigenvalue weighted by Crippen LogP contribution is -2.22. The summed E-state index contributed by atoms with van der Waals surface area (Å²) in [6.45, 7) is 2.58. The molecule has 3 aromatic rings. The van der Waals surface area contributed by atoms with Gasteiger partial charge in [-0.25, -0.2) is 13.1 Å². The molecular formula is C18H19NO4S3. The second-order valence-electron chi connectivity index (χ2n) is 5.49. The molecule has 0 radical (unpaired) electrons. The summed E-state index contributed by atoms with van der Waals surface area (Å²) in [6, 6.07) is 11.9. The van der Waals surface area contributed by atoms with E-state index in [4.69, 9.17) is 4.74 Å². The minimum Gasteiger partial charge on any atom is -0.494 e. The highest BCUT2D eigenvalue weighted by Gasteiger charge is 2.16. The number of hydrogen-bond donors (Lipinski definition) is 2. The molecule has 2 heterocycles. The molecule has 26 heavy (non-hydrogen) atoms. The average Bonchev–Trinajstić information content (AvgIpc) is 3.32. The Labute approximate surface area is 161 Å². The van der Waals surface area contributed by atoms with Crippen LogP contribution in [0, 0.1) is 0 Å². The average molecular weight is 410 g/mol. The predicted octanol–water partition coefficient (Wildman–Crippen LogP) is 3.77. The Hall–Kier alpha value is -1.71. The quantitative estimate of drug-likeness (QED) is 0.594. The summed E-state index contributed by atoms with van der Waals surface area (Å²) in [5.74, 6) is 0.636. The highest BCUT2D eigenvalue weighted by molar-refractivity contribution is 7.89. The van der Waals surface area contributed by atoms with Gasteiger partial charge in [-0.3, -0.25) is 0 Å². The van der Waals surface area contributed by atoms with Gasteiger partial charge in [0.2, 0.25) is 10.0 Å². The fourth-order valence-corrected chi connectivity index (χ4v) is 5.11. The molecule has 3 rings (SSSR count). The standard InChI is InChI=1S/C18H19NO4S3/c1-2-23-14-3-6-16(7-4-14)26(21,22)19-11-15-5-8-17(25-15)18(20)13-9-10-24-12-13/h3-10,12,18-20H,2,11H2,1H3. The first kappa shape index (κ1) is 19.1. The molecule has 2 aromatic heterocycles. The Balaban J connectivity index is 1.64. The van der Waals surface area contributed by atoms with Gasteiger partial charge in [-0.15, -0.1) is 11.3 Å². The molecule has 138 valence electrons. The largest absolute Gasteiger partial charge is 0.494 e. The Kier molecular flexibility index (Phi) is 6.10. The SMILES string of the molecule is CCOc1ccc(S(=O)(=O)NCc2ccc(C(O)c3ccsc3)s2)cc1. The first-order valence-electron chi connectivity index (χ1n) is 8.01. The zero-order valence-corrected chi connectivity index (χ0v) is 16.5. The van der Waals surface area contributed by atoms with Crippen molar-refractivity contribution in [3.63, 3.8) is 0 Å². The summed E-state index contributed by atoms with van der Waals surface area (Å²) in [4.78, 5) is 1.82. The summed E-state index contributed by atoms with van der Waals surface area (Å²) in [6.07, 6.45) is -0.678. The molecule has 1 unspecified atom stereocenters. The lowest BCUT2D eigenvalue weighted by atomic mass is 10.2. The van der Waals surface area contributed by atoms with E-state index in [0.717, 1.165) is 15.3 Å². The molecule has 0 bridgehead atoms. The van der Waals surface area contributed by atoms with E-state index in [1.54, 1.807) is 12.1 Å². The Morgan fingerprint density at radius 1 is 1.15 bits per heavy atom. The summed E-state index contributed by atoms with van der Waals surface area (Å²) >= 11 is 2.92. The van der Waals surface area contributed by atoms with E-state index in [-0.39, 0.29) is 11.4 Å². The van der Waals surface area contributed by atoms with Crippen molar-refractivity contribution in [1.82, 2.24) is 4.72 Å². The molecule has 0 spiro atoms. The fraction of sp³-hybridized carbons (Fsp3) is 0.222. The maximum absolute atomic E-state index is 12.4. The molecule has 0 amide bonds. The molecule has 8 heteroatoms. The van der Waals surface area contributed by atoms with E-state index >= 15 is 0 Å². The number of aliphatic hydroxyl groups is 1. The zero-order chi connectivity index (χ0) is 18.6. The third-order valence-corrected chi connectivity index (χ3v) is 6.95. The van der Waals surface area contributed by atoms with Crippen molar-refractivity contribution in [2.45, 2.75) is 24.5 Å². The second kappa shape index (κ2) is 8.32. The van der Waals surface area contributed by atoms with Crippen LogP contribution in [0.3, 0.4) is 0 Å². The van der Waals surface area contributed by atoms with Crippen molar-refractivity contribution in [2.75, 3.05) is 6.61 Å². The van der Waals surface area contributed by atoms with Gasteiger partial charge in [0.25, 0.3) is 0 Å². The van der Waals surface area contributed by atoms with E-state index in [2.05, 4.69) is 4.72 Å². The van der Waals surface area contributed by atoms with Gasteiger partial charge in [0, 0.05) is 16.3 Å².